The van der Waals surface area contributed by atoms with E-state index in [0.717, 1.165) is 44.9 Å². The van der Waals surface area contributed by atoms with Gasteiger partial charge < -0.3 is 10.8 Å². The van der Waals surface area contributed by atoms with Gasteiger partial charge in [-0.2, -0.15) is 0 Å². The summed E-state index contributed by atoms with van der Waals surface area (Å²) in [7, 11) is 0. The molecule has 0 aromatic heterocycles. The van der Waals surface area contributed by atoms with Crippen molar-refractivity contribution in [2.24, 2.45) is 5.73 Å². The van der Waals surface area contributed by atoms with E-state index in [1.807, 2.05) is 0 Å². The van der Waals surface area contributed by atoms with E-state index >= 15 is 0 Å². The van der Waals surface area contributed by atoms with Gasteiger partial charge in [0.25, 0.3) is 0 Å². The number of nitrogens with two attached hydrogens (primary N) is 1. The van der Waals surface area contributed by atoms with Crippen LogP contribution in [0.5, 0.6) is 0 Å². The van der Waals surface area contributed by atoms with E-state index in [1.165, 1.54) is 11.1 Å². The molecule has 108 valence electrons. The van der Waals surface area contributed by atoms with Gasteiger partial charge in [0.2, 0.25) is 0 Å². The first-order chi connectivity index (χ1) is 9.13. The maximum Gasteiger partial charge on any atom is 0.0650 e. The quantitative estimate of drug-likeness (QED) is 0.717. The standard InChI is InChI=1S/C17H29NO/c1-3-10-17(19,11-4-2)12-8-15-6-5-7-16(14-15)9-13-18/h5-7,14,19H,3-4,8-13,18H2,1-2H3. The van der Waals surface area contributed by atoms with Gasteiger partial charge in [-0.25, -0.2) is 0 Å². The smallest absolute Gasteiger partial charge is 0.0650 e. The van der Waals surface area contributed by atoms with Gasteiger partial charge in [0.05, 0.1) is 5.60 Å². The number of aryl methyl sites for hydroxylation is 1. The van der Waals surface area contributed by atoms with Crippen molar-refractivity contribution >= 4 is 0 Å². The first-order valence-corrected chi connectivity index (χ1v) is 7.64. The van der Waals surface area contributed by atoms with Crippen LogP contribution in [0.3, 0.4) is 0 Å². The van der Waals surface area contributed by atoms with Gasteiger partial charge in [0, 0.05) is 0 Å². The molecule has 19 heavy (non-hydrogen) atoms. The molecular formula is C17H29NO. The van der Waals surface area contributed by atoms with Gasteiger partial charge in [-0.05, 0) is 49.8 Å². The normalized spacial score (nSPS) is 11.8. The third-order valence-electron chi connectivity index (χ3n) is 3.73. The number of hydrogen-bond acceptors (Lipinski definition) is 2. The van der Waals surface area contributed by atoms with Crippen molar-refractivity contribution in [1.29, 1.82) is 0 Å². The van der Waals surface area contributed by atoms with E-state index in [4.69, 9.17) is 5.73 Å². The molecule has 1 rings (SSSR count). The molecule has 0 unspecified atom stereocenters. The van der Waals surface area contributed by atoms with E-state index in [9.17, 15) is 5.11 Å². The van der Waals surface area contributed by atoms with Crippen LogP contribution in [-0.2, 0) is 12.8 Å². The minimum Gasteiger partial charge on any atom is -0.390 e. The monoisotopic (exact) mass is 263 g/mol. The van der Waals surface area contributed by atoms with Crippen molar-refractivity contribution in [2.45, 2.75) is 64.4 Å². The van der Waals surface area contributed by atoms with Crippen molar-refractivity contribution in [3.05, 3.63) is 35.4 Å². The van der Waals surface area contributed by atoms with Crippen molar-refractivity contribution in [3.8, 4) is 0 Å². The summed E-state index contributed by atoms with van der Waals surface area (Å²) in [4.78, 5) is 0. The maximum atomic E-state index is 10.6. The molecule has 1 aromatic rings. The summed E-state index contributed by atoms with van der Waals surface area (Å²) < 4.78 is 0. The predicted octanol–water partition coefficient (Wildman–Crippen LogP) is 3.45. The molecule has 0 saturated carbocycles. The number of rotatable bonds is 9. The molecule has 3 N–H and O–H groups in total. The van der Waals surface area contributed by atoms with Gasteiger partial charge in [-0.15, -0.1) is 0 Å². The lowest BCUT2D eigenvalue weighted by Crippen LogP contribution is -2.28. The number of hydrogen-bond donors (Lipinski definition) is 2. The van der Waals surface area contributed by atoms with Crippen molar-refractivity contribution in [1.82, 2.24) is 0 Å². The lowest BCUT2D eigenvalue weighted by molar-refractivity contribution is 0.0132. The van der Waals surface area contributed by atoms with Crippen LogP contribution < -0.4 is 5.73 Å². The van der Waals surface area contributed by atoms with Gasteiger partial charge >= 0.3 is 0 Å². The van der Waals surface area contributed by atoms with Crippen LogP contribution in [0.25, 0.3) is 0 Å². The van der Waals surface area contributed by atoms with Crippen LogP contribution in [0.4, 0.5) is 0 Å². The highest BCUT2D eigenvalue weighted by Gasteiger charge is 2.24. The Morgan fingerprint density at radius 3 is 2.11 bits per heavy atom. The molecule has 2 heteroatoms. The summed E-state index contributed by atoms with van der Waals surface area (Å²) in [5.41, 5.74) is 7.73. The average molecular weight is 263 g/mol. The van der Waals surface area contributed by atoms with Crippen molar-refractivity contribution in [3.63, 3.8) is 0 Å². The van der Waals surface area contributed by atoms with E-state index in [0.29, 0.717) is 6.54 Å². The molecule has 0 radical (unpaired) electrons. The molecule has 0 aliphatic rings. The molecule has 0 heterocycles. The second kappa shape index (κ2) is 8.34. The lowest BCUT2D eigenvalue weighted by atomic mass is 9.86. The zero-order chi connectivity index (χ0) is 14.1. The molecule has 0 bridgehead atoms. The third-order valence-corrected chi connectivity index (χ3v) is 3.73. The summed E-state index contributed by atoms with van der Waals surface area (Å²) in [5.74, 6) is 0. The Labute approximate surface area is 118 Å². The van der Waals surface area contributed by atoms with Crippen molar-refractivity contribution < 1.29 is 5.11 Å². The second-order valence-electron chi connectivity index (χ2n) is 5.58. The molecule has 0 aliphatic heterocycles. The van der Waals surface area contributed by atoms with Crippen LogP contribution in [-0.4, -0.2) is 17.3 Å². The Bertz CT molecular complexity index is 356. The van der Waals surface area contributed by atoms with Crippen molar-refractivity contribution in [2.75, 3.05) is 6.54 Å². The van der Waals surface area contributed by atoms with E-state index in [-0.39, 0.29) is 0 Å². The Morgan fingerprint density at radius 1 is 1.00 bits per heavy atom. The number of aliphatic hydroxyl groups is 1. The molecule has 1 aromatic carbocycles. The summed E-state index contributed by atoms with van der Waals surface area (Å²) in [6.45, 7) is 4.98. The van der Waals surface area contributed by atoms with Crippen LogP contribution in [0.2, 0.25) is 0 Å². The predicted molar refractivity (Wildman–Crippen MR) is 82.3 cm³/mol. The highest BCUT2D eigenvalue weighted by molar-refractivity contribution is 5.24. The van der Waals surface area contributed by atoms with Gasteiger partial charge in [-0.3, -0.25) is 0 Å². The Morgan fingerprint density at radius 2 is 1.58 bits per heavy atom. The van der Waals surface area contributed by atoms with E-state index < -0.39 is 5.60 Å². The van der Waals surface area contributed by atoms with Crippen LogP contribution >= 0.6 is 0 Å². The molecule has 0 saturated heterocycles. The van der Waals surface area contributed by atoms with E-state index in [2.05, 4.69) is 38.1 Å². The van der Waals surface area contributed by atoms with Gasteiger partial charge in [0.15, 0.2) is 0 Å². The molecule has 0 amide bonds. The lowest BCUT2D eigenvalue weighted by Gasteiger charge is -2.27. The number of benzene rings is 1. The average Bonchev–Trinajstić information content (AvgIpc) is 2.38. The first kappa shape index (κ1) is 16.2. The molecule has 0 atom stereocenters. The Balaban J connectivity index is 2.60. The van der Waals surface area contributed by atoms with Crippen LogP contribution in [0.15, 0.2) is 24.3 Å². The molecule has 0 aliphatic carbocycles. The zero-order valence-corrected chi connectivity index (χ0v) is 12.5. The summed E-state index contributed by atoms with van der Waals surface area (Å²) >= 11 is 0. The Hall–Kier alpha value is -0.860. The first-order valence-electron chi connectivity index (χ1n) is 7.64. The fourth-order valence-corrected chi connectivity index (χ4v) is 2.79. The van der Waals surface area contributed by atoms with Gasteiger partial charge in [0.1, 0.15) is 0 Å². The third kappa shape index (κ3) is 5.75. The maximum absolute atomic E-state index is 10.6. The highest BCUT2D eigenvalue weighted by atomic mass is 16.3. The highest BCUT2D eigenvalue weighted by Crippen LogP contribution is 2.25. The fourth-order valence-electron chi connectivity index (χ4n) is 2.79. The van der Waals surface area contributed by atoms with Crippen LogP contribution in [0.1, 0.15) is 57.1 Å². The SMILES string of the molecule is CCCC(O)(CCC)CCc1cccc(CCN)c1. The zero-order valence-electron chi connectivity index (χ0n) is 12.5. The molecule has 0 spiro atoms. The topological polar surface area (TPSA) is 46.2 Å². The van der Waals surface area contributed by atoms with Crippen LogP contribution in [0, 0.1) is 0 Å². The Kier molecular flexibility index (Phi) is 7.11. The minimum absolute atomic E-state index is 0.479. The van der Waals surface area contributed by atoms with Gasteiger partial charge in [-0.1, -0.05) is 51.0 Å². The minimum atomic E-state index is -0.479. The largest absolute Gasteiger partial charge is 0.390 e. The molecule has 2 nitrogen and oxygen atoms in total. The summed E-state index contributed by atoms with van der Waals surface area (Å²) in [6, 6.07) is 8.60. The molecular weight excluding hydrogens is 234 g/mol. The summed E-state index contributed by atoms with van der Waals surface area (Å²) in [5, 5.41) is 10.6. The summed E-state index contributed by atoms with van der Waals surface area (Å²) in [6.07, 6.45) is 6.65. The molecule has 0 fully saturated rings. The second-order valence-corrected chi connectivity index (χ2v) is 5.58. The van der Waals surface area contributed by atoms with E-state index in [1.54, 1.807) is 0 Å². The fraction of sp³-hybridized carbons (Fsp3) is 0.647.